The van der Waals surface area contributed by atoms with Crippen LogP contribution in [0.4, 0.5) is 0 Å². The van der Waals surface area contributed by atoms with Gasteiger partial charge < -0.3 is 10.2 Å². The molecule has 2 fully saturated rings. The van der Waals surface area contributed by atoms with Crippen molar-refractivity contribution in [1.82, 2.24) is 0 Å². The van der Waals surface area contributed by atoms with Crippen LogP contribution in [-0.2, 0) is 9.59 Å². The van der Waals surface area contributed by atoms with Gasteiger partial charge in [-0.1, -0.05) is 11.6 Å². The number of hydrogen-bond donors (Lipinski definition) is 2. The maximum absolute atomic E-state index is 11.4. The van der Waals surface area contributed by atoms with Gasteiger partial charge in [-0.05, 0) is 43.4 Å². The second kappa shape index (κ2) is 3.59. The van der Waals surface area contributed by atoms with Crippen LogP contribution in [0.2, 0.25) is 0 Å². The highest BCUT2D eigenvalue weighted by atomic mass is 16.4. The maximum atomic E-state index is 11.4. The lowest BCUT2D eigenvalue weighted by molar-refractivity contribution is -0.158. The second-order valence-corrected chi connectivity index (χ2v) is 5.48. The van der Waals surface area contributed by atoms with Crippen molar-refractivity contribution >= 4 is 11.9 Å². The number of aliphatic carboxylic acids is 2. The number of allylic oxidation sites excluding steroid dienone is 2. The number of rotatable bonds is 2. The molecule has 3 rings (SSSR count). The molecular weight excluding hydrogens is 220 g/mol. The predicted octanol–water partition coefficient (Wildman–Crippen LogP) is 1.76. The zero-order valence-corrected chi connectivity index (χ0v) is 9.50. The van der Waals surface area contributed by atoms with Crippen LogP contribution in [0.1, 0.15) is 25.7 Å². The molecule has 0 aromatic heterocycles. The van der Waals surface area contributed by atoms with Crippen molar-refractivity contribution in [2.24, 2.45) is 29.6 Å². The monoisotopic (exact) mass is 236 g/mol. The molecule has 4 nitrogen and oxygen atoms in total. The van der Waals surface area contributed by atoms with Gasteiger partial charge in [-0.3, -0.25) is 9.59 Å². The van der Waals surface area contributed by atoms with E-state index < -0.39 is 23.8 Å². The van der Waals surface area contributed by atoms with Gasteiger partial charge in [-0.2, -0.15) is 0 Å². The molecule has 5 atom stereocenters. The van der Waals surface area contributed by atoms with Gasteiger partial charge in [-0.15, -0.1) is 0 Å². The Balaban J connectivity index is 1.99. The number of carbonyl (C=O) groups is 2. The SMILES string of the molecule is O=C(O)C1C2CCCC=C2C2CC2C1C(=O)O. The summed E-state index contributed by atoms with van der Waals surface area (Å²) >= 11 is 0. The minimum atomic E-state index is -0.930. The molecular formula is C13H16O4. The van der Waals surface area contributed by atoms with Crippen LogP contribution in [0.15, 0.2) is 11.6 Å². The lowest BCUT2D eigenvalue weighted by Gasteiger charge is -2.37. The first-order valence-corrected chi connectivity index (χ1v) is 6.27. The topological polar surface area (TPSA) is 74.6 Å². The first-order valence-electron chi connectivity index (χ1n) is 6.27. The zero-order chi connectivity index (χ0) is 12.2. The Morgan fingerprint density at radius 1 is 1.12 bits per heavy atom. The molecule has 0 saturated heterocycles. The van der Waals surface area contributed by atoms with E-state index in [2.05, 4.69) is 6.08 Å². The molecule has 0 aromatic carbocycles. The van der Waals surface area contributed by atoms with Gasteiger partial charge in [0.05, 0.1) is 11.8 Å². The summed E-state index contributed by atoms with van der Waals surface area (Å²) in [7, 11) is 0. The van der Waals surface area contributed by atoms with E-state index in [0.29, 0.717) is 5.92 Å². The van der Waals surface area contributed by atoms with Gasteiger partial charge in [0, 0.05) is 0 Å². The molecule has 0 spiro atoms. The van der Waals surface area contributed by atoms with Gasteiger partial charge in [0.2, 0.25) is 0 Å². The summed E-state index contributed by atoms with van der Waals surface area (Å²) in [5, 5.41) is 18.6. The maximum Gasteiger partial charge on any atom is 0.307 e. The number of fused-ring (bicyclic) bond motifs is 3. The first-order chi connectivity index (χ1) is 8.11. The van der Waals surface area contributed by atoms with Gasteiger partial charge in [-0.25, -0.2) is 0 Å². The third kappa shape index (κ3) is 1.50. The van der Waals surface area contributed by atoms with Crippen molar-refractivity contribution in [3.8, 4) is 0 Å². The number of hydrogen-bond acceptors (Lipinski definition) is 2. The fourth-order valence-corrected chi connectivity index (χ4v) is 3.91. The van der Waals surface area contributed by atoms with Gasteiger partial charge in [0.1, 0.15) is 0 Å². The third-order valence-corrected chi connectivity index (χ3v) is 4.65. The first kappa shape index (κ1) is 10.8. The van der Waals surface area contributed by atoms with Gasteiger partial charge in [0.15, 0.2) is 0 Å². The minimum absolute atomic E-state index is 0.0221. The molecule has 0 heterocycles. The Labute approximate surface area is 99.3 Å². The fraction of sp³-hybridized carbons (Fsp3) is 0.692. The highest BCUT2D eigenvalue weighted by Gasteiger charge is 2.60. The van der Waals surface area contributed by atoms with Crippen LogP contribution in [0.3, 0.4) is 0 Å². The Bertz CT molecular complexity index is 412. The van der Waals surface area contributed by atoms with E-state index in [-0.39, 0.29) is 11.8 Å². The van der Waals surface area contributed by atoms with Gasteiger partial charge >= 0.3 is 11.9 Å². The Hall–Kier alpha value is -1.32. The van der Waals surface area contributed by atoms with Crippen molar-refractivity contribution in [2.75, 3.05) is 0 Å². The normalized spacial score (nSPS) is 43.1. The largest absolute Gasteiger partial charge is 0.481 e. The molecule has 0 amide bonds. The molecule has 92 valence electrons. The minimum Gasteiger partial charge on any atom is -0.481 e. The molecule has 0 bridgehead atoms. The number of carboxylic acids is 2. The zero-order valence-electron chi connectivity index (χ0n) is 9.50. The van der Waals surface area contributed by atoms with Crippen molar-refractivity contribution < 1.29 is 19.8 Å². The fourth-order valence-electron chi connectivity index (χ4n) is 3.91. The lowest BCUT2D eigenvalue weighted by atomic mass is 9.66. The summed E-state index contributed by atoms with van der Waals surface area (Å²) in [6.07, 6.45) is 5.91. The van der Waals surface area contributed by atoms with Crippen molar-refractivity contribution in [1.29, 1.82) is 0 Å². The molecule has 0 aliphatic heterocycles. The van der Waals surface area contributed by atoms with E-state index in [0.717, 1.165) is 25.7 Å². The Kier molecular flexibility index (Phi) is 2.28. The Morgan fingerprint density at radius 3 is 2.47 bits per heavy atom. The number of carboxylic acid groups (broad SMARTS) is 2. The predicted molar refractivity (Wildman–Crippen MR) is 59.3 cm³/mol. The molecule has 3 aliphatic rings. The molecule has 0 aromatic rings. The van der Waals surface area contributed by atoms with E-state index in [4.69, 9.17) is 0 Å². The average Bonchev–Trinajstić information content (AvgIpc) is 3.06. The van der Waals surface area contributed by atoms with Crippen LogP contribution < -0.4 is 0 Å². The average molecular weight is 236 g/mol. The van der Waals surface area contributed by atoms with Crippen LogP contribution in [0.5, 0.6) is 0 Å². The van der Waals surface area contributed by atoms with Crippen molar-refractivity contribution in [3.63, 3.8) is 0 Å². The third-order valence-electron chi connectivity index (χ3n) is 4.65. The smallest absolute Gasteiger partial charge is 0.307 e. The summed E-state index contributed by atoms with van der Waals surface area (Å²) in [6, 6.07) is 0. The van der Waals surface area contributed by atoms with E-state index in [9.17, 15) is 19.8 Å². The standard InChI is InChI=1S/C13H16O4/c14-12(15)10-7-4-2-1-3-6(7)8-5-9(8)11(10)13(16)17/h3,7-11H,1-2,4-5H2,(H,14,15)(H,16,17). The highest BCUT2D eigenvalue weighted by molar-refractivity contribution is 5.82. The van der Waals surface area contributed by atoms with Gasteiger partial charge in [0.25, 0.3) is 0 Å². The quantitative estimate of drug-likeness (QED) is 0.716. The van der Waals surface area contributed by atoms with Crippen LogP contribution >= 0.6 is 0 Å². The lowest BCUT2D eigenvalue weighted by Crippen LogP contribution is -2.42. The summed E-state index contributed by atoms with van der Waals surface area (Å²) in [5.41, 5.74) is 1.26. The van der Waals surface area contributed by atoms with E-state index in [1.165, 1.54) is 5.57 Å². The van der Waals surface area contributed by atoms with Crippen LogP contribution in [0, 0.1) is 29.6 Å². The van der Waals surface area contributed by atoms with Crippen LogP contribution in [0.25, 0.3) is 0 Å². The molecule has 5 unspecified atom stereocenters. The molecule has 2 N–H and O–H groups in total. The highest BCUT2D eigenvalue weighted by Crippen LogP contribution is 2.61. The Morgan fingerprint density at radius 2 is 1.82 bits per heavy atom. The molecule has 4 heteroatoms. The molecule has 17 heavy (non-hydrogen) atoms. The van der Waals surface area contributed by atoms with Crippen LogP contribution in [-0.4, -0.2) is 22.2 Å². The van der Waals surface area contributed by atoms with E-state index in [1.54, 1.807) is 0 Å². The van der Waals surface area contributed by atoms with E-state index in [1.807, 2.05) is 0 Å². The second-order valence-electron chi connectivity index (χ2n) is 5.48. The van der Waals surface area contributed by atoms with E-state index >= 15 is 0 Å². The van der Waals surface area contributed by atoms with Crippen molar-refractivity contribution in [3.05, 3.63) is 11.6 Å². The summed E-state index contributed by atoms with van der Waals surface area (Å²) in [4.78, 5) is 22.7. The molecule has 3 aliphatic carbocycles. The molecule has 0 radical (unpaired) electrons. The summed E-state index contributed by atoms with van der Waals surface area (Å²) in [6.45, 7) is 0. The summed E-state index contributed by atoms with van der Waals surface area (Å²) < 4.78 is 0. The summed E-state index contributed by atoms with van der Waals surface area (Å²) in [5.74, 6) is -2.80. The molecule has 2 saturated carbocycles. The van der Waals surface area contributed by atoms with Crippen molar-refractivity contribution in [2.45, 2.75) is 25.7 Å².